The molecule has 1 fully saturated rings. The van der Waals surface area contributed by atoms with Gasteiger partial charge < -0.3 is 19.5 Å². The Hall–Kier alpha value is -5.67. The predicted molar refractivity (Wildman–Crippen MR) is 164 cm³/mol. The first kappa shape index (κ1) is 27.5. The maximum absolute atomic E-state index is 12.9. The van der Waals surface area contributed by atoms with Crippen LogP contribution < -0.4 is 10.1 Å². The number of amides is 1. The number of likely N-dealkylation sites (tertiary alicyclic amines) is 1. The van der Waals surface area contributed by atoms with E-state index in [2.05, 4.69) is 34.6 Å². The van der Waals surface area contributed by atoms with Crippen molar-refractivity contribution < 1.29 is 9.53 Å². The number of fused-ring (bicyclic) bond motifs is 1. The molecule has 0 saturated carbocycles. The molecule has 1 N–H and O–H groups in total. The van der Waals surface area contributed by atoms with Crippen molar-refractivity contribution in [1.82, 2.24) is 19.4 Å². The molecule has 43 heavy (non-hydrogen) atoms. The van der Waals surface area contributed by atoms with Crippen LogP contribution in [0.25, 0.3) is 22.2 Å². The molecule has 3 aromatic carbocycles. The van der Waals surface area contributed by atoms with Crippen molar-refractivity contribution in [1.29, 1.82) is 10.5 Å². The number of nitrogens with zero attached hydrogens (tertiary/aromatic N) is 6. The van der Waals surface area contributed by atoms with Crippen molar-refractivity contribution in [3.63, 3.8) is 0 Å². The zero-order valence-electron chi connectivity index (χ0n) is 24.1. The lowest BCUT2D eigenvalue weighted by atomic mass is 9.98. The summed E-state index contributed by atoms with van der Waals surface area (Å²) in [6.07, 6.45) is 2.65. The maximum Gasteiger partial charge on any atom is 0.253 e. The monoisotopic (exact) mass is 567 g/mol. The molecular weight excluding hydrogens is 538 g/mol. The highest BCUT2D eigenvalue weighted by Crippen LogP contribution is 2.36. The number of aryl methyl sites for hydroxylation is 3. The van der Waals surface area contributed by atoms with Crippen LogP contribution in [0, 0.1) is 42.4 Å². The number of aromatic nitrogens is 3. The fraction of sp³-hybridized carbons (Fsp3) is 0.206. The lowest BCUT2D eigenvalue weighted by molar-refractivity contribution is 0.0790. The van der Waals surface area contributed by atoms with Gasteiger partial charge in [-0.3, -0.25) is 4.79 Å². The van der Waals surface area contributed by atoms with Crippen LogP contribution in [0.2, 0.25) is 0 Å². The first-order chi connectivity index (χ1) is 20.8. The third kappa shape index (κ3) is 5.49. The molecule has 3 heterocycles. The third-order valence-electron chi connectivity index (χ3n) is 7.74. The van der Waals surface area contributed by atoms with Crippen molar-refractivity contribution in [2.45, 2.75) is 20.3 Å². The second-order valence-corrected chi connectivity index (χ2v) is 10.8. The van der Waals surface area contributed by atoms with Gasteiger partial charge in [0, 0.05) is 37.6 Å². The number of nitrogens with one attached hydrogen (secondary N) is 1. The molecule has 9 nitrogen and oxygen atoms in total. The number of hydrogen-bond acceptors (Lipinski definition) is 7. The SMILES string of the molecule is Cc1cc(-c2ccc(C(=O)N3CCC(C#N)C3)cc2)cc(C)c1Oc1nc(Nc2ccc(C#N)cc2)nc2ccn(C)c12. The number of carbonyl (C=O) groups excluding carboxylic acids is 1. The van der Waals surface area contributed by atoms with Gasteiger partial charge in [-0.2, -0.15) is 15.5 Å². The van der Waals surface area contributed by atoms with E-state index < -0.39 is 0 Å². The summed E-state index contributed by atoms with van der Waals surface area (Å²) in [5.74, 6) is 1.40. The summed E-state index contributed by atoms with van der Waals surface area (Å²) in [4.78, 5) is 24.0. The topological polar surface area (TPSA) is 120 Å². The van der Waals surface area contributed by atoms with Gasteiger partial charge in [-0.1, -0.05) is 12.1 Å². The van der Waals surface area contributed by atoms with Gasteiger partial charge in [-0.05, 0) is 97.1 Å². The molecule has 5 aromatic rings. The van der Waals surface area contributed by atoms with Gasteiger partial charge in [0.1, 0.15) is 11.3 Å². The van der Waals surface area contributed by atoms with Crippen molar-refractivity contribution >= 4 is 28.6 Å². The first-order valence-electron chi connectivity index (χ1n) is 14.0. The molecule has 1 aliphatic rings. The van der Waals surface area contributed by atoms with Gasteiger partial charge in [0.2, 0.25) is 11.8 Å². The third-order valence-corrected chi connectivity index (χ3v) is 7.74. The number of nitriles is 2. The lowest BCUT2D eigenvalue weighted by Gasteiger charge is -2.17. The molecule has 1 aliphatic heterocycles. The van der Waals surface area contributed by atoms with Crippen molar-refractivity contribution in [2.24, 2.45) is 13.0 Å². The Morgan fingerprint density at radius 1 is 0.977 bits per heavy atom. The van der Waals surface area contributed by atoms with Gasteiger partial charge in [0.15, 0.2) is 0 Å². The first-order valence-corrected chi connectivity index (χ1v) is 14.0. The largest absolute Gasteiger partial charge is 0.436 e. The molecule has 212 valence electrons. The molecule has 0 aliphatic carbocycles. The van der Waals surface area contributed by atoms with E-state index in [0.717, 1.165) is 45.4 Å². The summed E-state index contributed by atoms with van der Waals surface area (Å²) in [6, 6.07) is 25.1. The molecular formula is C34H29N7O2. The molecule has 0 spiro atoms. The summed E-state index contributed by atoms with van der Waals surface area (Å²) in [5.41, 5.74) is 7.36. The zero-order valence-corrected chi connectivity index (χ0v) is 24.1. The summed E-state index contributed by atoms with van der Waals surface area (Å²) < 4.78 is 8.43. The number of hydrogen-bond donors (Lipinski definition) is 1. The van der Waals surface area contributed by atoms with Crippen molar-refractivity contribution in [3.05, 3.63) is 95.2 Å². The number of benzene rings is 3. The van der Waals surface area contributed by atoms with Crippen LogP contribution in [0.5, 0.6) is 11.6 Å². The van der Waals surface area contributed by atoms with E-state index in [1.165, 1.54) is 0 Å². The van der Waals surface area contributed by atoms with E-state index in [-0.39, 0.29) is 11.8 Å². The second kappa shape index (κ2) is 11.3. The highest BCUT2D eigenvalue weighted by atomic mass is 16.5. The van der Waals surface area contributed by atoms with Gasteiger partial charge in [-0.15, -0.1) is 0 Å². The molecule has 1 atom stereocenters. The van der Waals surface area contributed by atoms with Crippen LogP contribution in [0.3, 0.4) is 0 Å². The standard InChI is InChI=1S/C34H29N7O2/c1-21-16-27(25-6-8-26(9-7-25)33(42)41-15-12-24(19-36)20-41)17-22(2)31(21)43-32-30-29(13-14-40(30)3)38-34(39-32)37-28-10-4-23(18-35)5-11-28/h4-11,13-14,16-17,24H,12,15,20H2,1-3H3,(H,37,38,39). The zero-order chi connectivity index (χ0) is 30.1. The Morgan fingerprint density at radius 3 is 2.35 bits per heavy atom. The predicted octanol–water partition coefficient (Wildman–Crippen LogP) is 6.65. The summed E-state index contributed by atoms with van der Waals surface area (Å²) in [6.45, 7) is 5.11. The highest BCUT2D eigenvalue weighted by molar-refractivity contribution is 5.95. The van der Waals surface area contributed by atoms with E-state index in [4.69, 9.17) is 20.2 Å². The van der Waals surface area contributed by atoms with Crippen LogP contribution >= 0.6 is 0 Å². The Morgan fingerprint density at radius 2 is 1.70 bits per heavy atom. The number of carbonyl (C=O) groups is 1. The highest BCUT2D eigenvalue weighted by Gasteiger charge is 2.26. The fourth-order valence-electron chi connectivity index (χ4n) is 5.45. The van der Waals surface area contributed by atoms with Gasteiger partial charge in [-0.25, -0.2) is 4.98 Å². The van der Waals surface area contributed by atoms with E-state index in [0.29, 0.717) is 41.8 Å². The minimum atomic E-state index is -0.0830. The summed E-state index contributed by atoms with van der Waals surface area (Å²) in [5, 5.41) is 21.5. The maximum atomic E-state index is 12.9. The van der Waals surface area contributed by atoms with Gasteiger partial charge >= 0.3 is 0 Å². The van der Waals surface area contributed by atoms with E-state index >= 15 is 0 Å². The molecule has 1 unspecified atom stereocenters. The smallest absolute Gasteiger partial charge is 0.253 e. The summed E-state index contributed by atoms with van der Waals surface area (Å²) in [7, 11) is 1.93. The Balaban J connectivity index is 1.26. The van der Waals surface area contributed by atoms with Crippen LogP contribution in [-0.2, 0) is 7.05 Å². The van der Waals surface area contributed by atoms with Crippen LogP contribution in [0.15, 0.2) is 72.9 Å². The van der Waals surface area contributed by atoms with E-state index in [1.807, 2.05) is 74.1 Å². The van der Waals surface area contributed by atoms with Gasteiger partial charge in [0.05, 0.1) is 29.1 Å². The Bertz CT molecular complexity index is 1910. The number of anilines is 2. The average molecular weight is 568 g/mol. The van der Waals surface area contributed by atoms with Crippen LogP contribution in [0.1, 0.15) is 33.5 Å². The van der Waals surface area contributed by atoms with Crippen molar-refractivity contribution in [2.75, 3.05) is 18.4 Å². The molecule has 2 aromatic heterocycles. The molecule has 0 radical (unpaired) electrons. The molecule has 0 bridgehead atoms. The fourth-order valence-corrected chi connectivity index (χ4v) is 5.45. The Labute approximate surface area is 249 Å². The minimum Gasteiger partial charge on any atom is -0.436 e. The number of ether oxygens (including phenoxy) is 1. The van der Waals surface area contributed by atoms with E-state index in [1.54, 1.807) is 17.0 Å². The average Bonchev–Trinajstić information content (AvgIpc) is 3.66. The minimum absolute atomic E-state index is 0.0368. The summed E-state index contributed by atoms with van der Waals surface area (Å²) >= 11 is 0. The van der Waals surface area contributed by atoms with Crippen LogP contribution in [-0.4, -0.2) is 38.4 Å². The quantitative estimate of drug-likeness (QED) is 0.244. The molecule has 6 rings (SSSR count). The molecule has 1 amide bonds. The molecule has 9 heteroatoms. The Kier molecular flexibility index (Phi) is 7.23. The van der Waals surface area contributed by atoms with Crippen molar-refractivity contribution in [3.8, 4) is 34.9 Å². The molecule has 1 saturated heterocycles. The normalized spacial score (nSPS) is 14.3. The van der Waals surface area contributed by atoms with Crippen LogP contribution in [0.4, 0.5) is 11.6 Å². The lowest BCUT2D eigenvalue weighted by Crippen LogP contribution is -2.28. The second-order valence-electron chi connectivity index (χ2n) is 10.8. The van der Waals surface area contributed by atoms with Gasteiger partial charge in [0.25, 0.3) is 5.91 Å². The van der Waals surface area contributed by atoms with E-state index in [9.17, 15) is 4.79 Å². The number of rotatable bonds is 6.